The van der Waals surface area contributed by atoms with Gasteiger partial charge in [0.1, 0.15) is 0 Å². The number of carbonyl (C=O) groups is 1. The van der Waals surface area contributed by atoms with Crippen LogP contribution in [0.3, 0.4) is 0 Å². The fourth-order valence-electron chi connectivity index (χ4n) is 2.57. The van der Waals surface area contributed by atoms with Crippen molar-refractivity contribution in [2.24, 2.45) is 0 Å². The maximum absolute atomic E-state index is 11.3. The molecule has 0 atom stereocenters. The highest BCUT2D eigenvalue weighted by molar-refractivity contribution is 5.94. The Labute approximate surface area is 217 Å². The molecular weight excluding hydrogens is 432 g/mol. The van der Waals surface area contributed by atoms with Crippen molar-refractivity contribution in [1.82, 2.24) is 4.98 Å². The molecule has 200 valence electrons. The van der Waals surface area contributed by atoms with Crippen LogP contribution in [0.2, 0.25) is 0 Å². The molecule has 1 rings (SSSR count). The van der Waals surface area contributed by atoms with E-state index in [4.69, 9.17) is 0 Å². The molecule has 1 aromatic heterocycles. The quantitative estimate of drug-likeness (QED) is 0.255. The maximum Gasteiger partial charge on any atom is 0.337 e. The Kier molecular flexibility index (Phi) is 35.0. The van der Waals surface area contributed by atoms with Crippen LogP contribution in [0.25, 0.3) is 0 Å². The van der Waals surface area contributed by atoms with Crippen LogP contribution in [0.4, 0.5) is 5.69 Å². The highest BCUT2D eigenvalue weighted by atomic mass is 16.4. The first-order valence-electron chi connectivity index (χ1n) is 13.2. The van der Waals surface area contributed by atoms with Gasteiger partial charge in [0.2, 0.25) is 0 Å². The molecule has 1 heterocycles. The minimum Gasteiger partial charge on any atom is -0.478 e. The molecule has 2 N–H and O–H groups in total. The molecule has 0 aliphatic rings. The number of nitrogens with one attached hydrogen (secondary N) is 1. The van der Waals surface area contributed by atoms with Gasteiger partial charge in [-0.15, -0.1) is 0 Å². The molecule has 0 aliphatic carbocycles. The Balaban J connectivity index is -0.000000338. The molecule has 0 bridgehead atoms. The fraction of sp³-hybridized carbons (Fsp3) is 0.484. The first-order chi connectivity index (χ1) is 17.0. The van der Waals surface area contributed by atoms with E-state index in [1.165, 1.54) is 44.1 Å². The molecule has 0 unspecified atom stereocenters. The van der Waals surface area contributed by atoms with E-state index in [2.05, 4.69) is 30.7 Å². The highest BCUT2D eigenvalue weighted by Crippen LogP contribution is 2.22. The number of anilines is 1. The summed E-state index contributed by atoms with van der Waals surface area (Å²) in [5.74, 6) is -0.993. The van der Waals surface area contributed by atoms with Crippen molar-refractivity contribution in [2.45, 2.75) is 102 Å². The summed E-state index contributed by atoms with van der Waals surface area (Å²) in [5.41, 5.74) is 3.45. The smallest absolute Gasteiger partial charge is 0.337 e. The number of hydrogen-bond acceptors (Lipinski definition) is 3. The largest absolute Gasteiger partial charge is 0.478 e. The molecule has 0 aliphatic heterocycles. The predicted octanol–water partition coefficient (Wildman–Crippen LogP) is 10.4. The Morgan fingerprint density at radius 3 is 1.97 bits per heavy atom. The second-order valence-electron chi connectivity index (χ2n) is 6.44. The average Bonchev–Trinajstić information content (AvgIpc) is 2.91. The van der Waals surface area contributed by atoms with Gasteiger partial charge in [-0.2, -0.15) is 0 Å². The first-order valence-corrected chi connectivity index (χ1v) is 13.2. The number of hydrogen-bond donors (Lipinski definition) is 2. The van der Waals surface area contributed by atoms with E-state index in [-0.39, 0.29) is 5.56 Å². The molecule has 0 amide bonds. The van der Waals surface area contributed by atoms with Gasteiger partial charge in [0.25, 0.3) is 0 Å². The highest BCUT2D eigenvalue weighted by Gasteiger charge is 2.11. The maximum atomic E-state index is 11.3. The predicted molar refractivity (Wildman–Crippen MR) is 159 cm³/mol. The summed E-state index contributed by atoms with van der Waals surface area (Å²) >= 11 is 0. The van der Waals surface area contributed by atoms with Crippen LogP contribution < -0.4 is 5.32 Å². The van der Waals surface area contributed by atoms with Crippen molar-refractivity contribution < 1.29 is 9.90 Å². The third-order valence-electron chi connectivity index (χ3n) is 4.10. The summed E-state index contributed by atoms with van der Waals surface area (Å²) in [4.78, 5) is 15.3. The van der Waals surface area contributed by atoms with Gasteiger partial charge in [-0.05, 0) is 38.0 Å². The molecule has 1 aromatic rings. The van der Waals surface area contributed by atoms with Gasteiger partial charge in [-0.25, -0.2) is 4.79 Å². The number of aromatic carboxylic acids is 1. The second kappa shape index (κ2) is 31.1. The molecule has 4 heteroatoms. The van der Waals surface area contributed by atoms with Crippen molar-refractivity contribution in [3.8, 4) is 0 Å². The molecule has 0 saturated heterocycles. The number of nitrogens with zero attached hydrogens (tertiary/aromatic N) is 1. The Bertz CT molecular complexity index is 753. The summed E-state index contributed by atoms with van der Waals surface area (Å²) in [6.45, 7) is 25.9. The van der Waals surface area contributed by atoms with E-state index in [1.54, 1.807) is 6.08 Å². The van der Waals surface area contributed by atoms with E-state index in [0.717, 1.165) is 16.8 Å². The van der Waals surface area contributed by atoms with E-state index in [9.17, 15) is 9.90 Å². The van der Waals surface area contributed by atoms with Gasteiger partial charge >= 0.3 is 5.97 Å². The minimum absolute atomic E-state index is 0.183. The van der Waals surface area contributed by atoms with Gasteiger partial charge in [0.15, 0.2) is 0 Å². The van der Waals surface area contributed by atoms with E-state index >= 15 is 0 Å². The van der Waals surface area contributed by atoms with Crippen LogP contribution in [-0.4, -0.2) is 16.1 Å². The van der Waals surface area contributed by atoms with Gasteiger partial charge in [-0.1, -0.05) is 124 Å². The van der Waals surface area contributed by atoms with Crippen LogP contribution >= 0.6 is 0 Å². The van der Waals surface area contributed by atoms with Crippen LogP contribution in [0.1, 0.15) is 112 Å². The van der Waals surface area contributed by atoms with Crippen molar-refractivity contribution >= 4 is 11.7 Å². The lowest BCUT2D eigenvalue weighted by Gasteiger charge is -2.14. The molecular formula is C31H54N2O2. The number of rotatable bonds is 10. The monoisotopic (exact) mass is 486 g/mol. The summed E-state index contributed by atoms with van der Waals surface area (Å²) in [5, 5.41) is 12.4. The van der Waals surface area contributed by atoms with Crippen LogP contribution in [0.15, 0.2) is 78.3 Å². The third kappa shape index (κ3) is 20.2. The van der Waals surface area contributed by atoms with Crippen molar-refractivity contribution in [3.63, 3.8) is 0 Å². The fourth-order valence-corrected chi connectivity index (χ4v) is 2.57. The van der Waals surface area contributed by atoms with Crippen LogP contribution in [0.5, 0.6) is 0 Å². The van der Waals surface area contributed by atoms with Crippen LogP contribution in [0, 0.1) is 0 Å². The lowest BCUT2D eigenvalue weighted by molar-refractivity contribution is 0.0698. The van der Waals surface area contributed by atoms with E-state index in [1.807, 2.05) is 92.7 Å². The Morgan fingerprint density at radius 2 is 1.57 bits per heavy atom. The number of carboxylic acids is 1. The zero-order valence-electron chi connectivity index (χ0n) is 24.5. The third-order valence-corrected chi connectivity index (χ3v) is 4.10. The van der Waals surface area contributed by atoms with Gasteiger partial charge in [0.05, 0.1) is 17.4 Å². The van der Waals surface area contributed by atoms with Crippen molar-refractivity contribution in [1.29, 1.82) is 0 Å². The minimum atomic E-state index is -0.993. The van der Waals surface area contributed by atoms with Gasteiger partial charge in [-0.3, -0.25) is 4.98 Å². The molecule has 0 saturated carbocycles. The first kappa shape index (κ1) is 39.3. The number of unbranched alkanes of at least 4 members (excludes halogenated alkanes) is 3. The number of aromatic nitrogens is 1. The summed E-state index contributed by atoms with van der Waals surface area (Å²) < 4.78 is 0. The number of pyridine rings is 1. The summed E-state index contributed by atoms with van der Waals surface area (Å²) in [7, 11) is 0. The standard InChI is InChI=1S/C19H22N2O2.C6H14.3C2H6/c1-5-8-10-15(7-3)16(9-6-2)14(4)21-18-13-20-12-11-17(18)19(22)23;1-3-5-6-4-2;3*1-2/h5-13,21H,1H2,2-4H3,(H,22,23);3-6H2,1-2H3;3*1-2H3/b9-6-,10-8-,15-7+,16-14-;;;;. The van der Waals surface area contributed by atoms with Crippen molar-refractivity contribution in [3.05, 3.63) is 83.9 Å². The van der Waals surface area contributed by atoms with E-state index < -0.39 is 5.97 Å². The lowest BCUT2D eigenvalue weighted by Crippen LogP contribution is -2.07. The zero-order valence-corrected chi connectivity index (χ0v) is 24.5. The normalized spacial score (nSPS) is 10.8. The SMILES string of the molecule is C=C\C=C/C(=C\C)C(/C=C\C)=C(/C)Nc1cnccc1C(=O)O.CC.CC.CC.CCCCCC. The summed E-state index contributed by atoms with van der Waals surface area (Å²) in [6, 6.07) is 1.47. The van der Waals surface area contributed by atoms with Crippen molar-refractivity contribution in [2.75, 3.05) is 5.32 Å². The Hall–Kier alpha value is -2.88. The molecule has 0 fully saturated rings. The topological polar surface area (TPSA) is 62.2 Å². The van der Waals surface area contributed by atoms with Gasteiger partial charge < -0.3 is 10.4 Å². The summed E-state index contributed by atoms with van der Waals surface area (Å²) in [6.07, 6.45) is 19.9. The average molecular weight is 487 g/mol. The van der Waals surface area contributed by atoms with Crippen LogP contribution in [-0.2, 0) is 0 Å². The zero-order chi connectivity index (χ0) is 28.1. The molecule has 4 nitrogen and oxygen atoms in total. The van der Waals surface area contributed by atoms with E-state index in [0.29, 0.717) is 5.69 Å². The number of allylic oxidation sites excluding steroid dienone is 9. The van der Waals surface area contributed by atoms with Gasteiger partial charge in [0, 0.05) is 11.9 Å². The molecule has 0 aromatic carbocycles. The second-order valence-corrected chi connectivity index (χ2v) is 6.44. The molecule has 0 spiro atoms. The molecule has 35 heavy (non-hydrogen) atoms. The Morgan fingerprint density at radius 1 is 1.03 bits per heavy atom. The number of carboxylic acid groups (broad SMARTS) is 1. The molecule has 0 radical (unpaired) electrons. The lowest BCUT2D eigenvalue weighted by atomic mass is 10.0.